The lowest BCUT2D eigenvalue weighted by Crippen LogP contribution is -2.15. The minimum absolute atomic E-state index is 0.0394. The van der Waals surface area contributed by atoms with Crippen LogP contribution in [0.2, 0.25) is 0 Å². The molecule has 30 heavy (non-hydrogen) atoms. The lowest BCUT2D eigenvalue weighted by molar-refractivity contribution is -0.383. The number of nitro benzene ring substituents is 1. The van der Waals surface area contributed by atoms with Gasteiger partial charge in [-0.05, 0) is 37.3 Å². The molecule has 0 aliphatic carbocycles. The minimum Gasteiger partial charge on any atom is -0.486 e. The lowest BCUT2D eigenvalue weighted by atomic mass is 10.2. The molecule has 0 spiro atoms. The number of anilines is 1. The van der Waals surface area contributed by atoms with E-state index in [0.717, 1.165) is 4.47 Å². The molecule has 156 valence electrons. The van der Waals surface area contributed by atoms with Crippen molar-refractivity contribution in [3.8, 4) is 5.75 Å². The van der Waals surface area contributed by atoms with Crippen molar-refractivity contribution in [1.82, 2.24) is 14.8 Å². The first kappa shape index (κ1) is 21.8. The number of benzene rings is 2. The van der Waals surface area contributed by atoms with E-state index in [1.54, 1.807) is 12.1 Å². The predicted octanol–water partition coefficient (Wildman–Crippen LogP) is 4.28. The molecule has 1 amide bonds. The van der Waals surface area contributed by atoms with Gasteiger partial charge in [-0.1, -0.05) is 39.8 Å². The number of carbonyl (C=O) groups excluding carboxylic acids is 1. The predicted molar refractivity (Wildman–Crippen MR) is 117 cm³/mol. The topological polar surface area (TPSA) is 112 Å². The van der Waals surface area contributed by atoms with Crippen LogP contribution in [-0.2, 0) is 17.9 Å². The van der Waals surface area contributed by atoms with Crippen molar-refractivity contribution in [1.29, 1.82) is 0 Å². The smallest absolute Gasteiger partial charge is 0.292 e. The van der Waals surface area contributed by atoms with Crippen LogP contribution in [0, 0.1) is 10.1 Å². The fourth-order valence-corrected chi connectivity index (χ4v) is 3.67. The number of halogens is 1. The maximum Gasteiger partial charge on any atom is 0.292 e. The van der Waals surface area contributed by atoms with Gasteiger partial charge in [-0.2, -0.15) is 0 Å². The van der Waals surface area contributed by atoms with E-state index in [1.165, 1.54) is 23.9 Å². The summed E-state index contributed by atoms with van der Waals surface area (Å²) in [6, 6.07) is 13.5. The number of nitro groups is 1. The molecule has 0 atom stereocenters. The Morgan fingerprint density at radius 3 is 2.67 bits per heavy atom. The molecular formula is C19H18BrN5O4S. The number of aromatic nitrogens is 3. The van der Waals surface area contributed by atoms with Crippen LogP contribution in [0.15, 0.2) is 58.2 Å². The van der Waals surface area contributed by atoms with Gasteiger partial charge in [0.05, 0.1) is 10.7 Å². The van der Waals surface area contributed by atoms with Crippen molar-refractivity contribution in [2.24, 2.45) is 0 Å². The van der Waals surface area contributed by atoms with Crippen molar-refractivity contribution < 1.29 is 14.5 Å². The number of hydrogen-bond acceptors (Lipinski definition) is 7. The van der Waals surface area contributed by atoms with E-state index in [0.29, 0.717) is 23.3 Å². The third-order valence-electron chi connectivity index (χ3n) is 4.00. The van der Waals surface area contributed by atoms with E-state index < -0.39 is 4.92 Å². The zero-order valence-electron chi connectivity index (χ0n) is 15.9. The molecule has 2 aromatic carbocycles. The zero-order chi connectivity index (χ0) is 21.5. The highest BCUT2D eigenvalue weighted by Crippen LogP contribution is 2.24. The number of amides is 1. The van der Waals surface area contributed by atoms with Gasteiger partial charge < -0.3 is 14.6 Å². The van der Waals surface area contributed by atoms with Crippen LogP contribution < -0.4 is 10.1 Å². The highest BCUT2D eigenvalue weighted by molar-refractivity contribution is 9.10. The minimum atomic E-state index is -0.534. The van der Waals surface area contributed by atoms with E-state index in [2.05, 4.69) is 31.4 Å². The van der Waals surface area contributed by atoms with Crippen LogP contribution in [0.4, 0.5) is 11.4 Å². The second-order valence-corrected chi connectivity index (χ2v) is 7.85. The molecule has 1 heterocycles. The average molecular weight is 492 g/mol. The Morgan fingerprint density at radius 2 is 1.97 bits per heavy atom. The molecule has 0 radical (unpaired) electrons. The van der Waals surface area contributed by atoms with Gasteiger partial charge in [0.15, 0.2) is 11.0 Å². The van der Waals surface area contributed by atoms with Gasteiger partial charge in [0.25, 0.3) is 5.69 Å². The van der Waals surface area contributed by atoms with Crippen molar-refractivity contribution in [3.05, 3.63) is 68.9 Å². The number of thioether (sulfide) groups is 1. The summed E-state index contributed by atoms with van der Waals surface area (Å²) in [7, 11) is 0. The molecule has 0 saturated heterocycles. The maximum atomic E-state index is 12.3. The average Bonchev–Trinajstić information content (AvgIpc) is 3.14. The third-order valence-corrected chi connectivity index (χ3v) is 5.49. The van der Waals surface area contributed by atoms with E-state index in [-0.39, 0.29) is 29.6 Å². The van der Waals surface area contributed by atoms with Crippen LogP contribution in [0.25, 0.3) is 0 Å². The molecule has 9 nitrogen and oxygen atoms in total. The number of rotatable bonds is 9. The number of carbonyl (C=O) groups is 1. The van der Waals surface area contributed by atoms with Gasteiger partial charge in [-0.15, -0.1) is 10.2 Å². The highest BCUT2D eigenvalue weighted by Gasteiger charge is 2.17. The number of ether oxygens (including phenoxy) is 1. The Bertz CT molecular complexity index is 1040. The first-order valence-electron chi connectivity index (χ1n) is 8.94. The molecule has 3 aromatic rings. The normalized spacial score (nSPS) is 10.6. The molecule has 0 bridgehead atoms. The molecule has 0 unspecified atom stereocenters. The SMILES string of the molecule is CCn1c(COc2ccc(Br)cc2)nnc1SCC(=O)Nc1ccccc1[N+](=O)[O-]. The number of hydrogen-bond donors (Lipinski definition) is 1. The van der Waals surface area contributed by atoms with Crippen molar-refractivity contribution in [2.75, 3.05) is 11.1 Å². The standard InChI is InChI=1S/C19H18BrN5O4S/c1-2-24-17(11-29-14-9-7-13(20)8-10-14)22-23-19(24)30-12-18(26)21-15-5-3-4-6-16(15)25(27)28/h3-10H,2,11-12H2,1H3,(H,21,26). The van der Waals surface area contributed by atoms with Crippen molar-refractivity contribution in [3.63, 3.8) is 0 Å². The monoisotopic (exact) mass is 491 g/mol. The first-order chi connectivity index (χ1) is 14.5. The Balaban J connectivity index is 1.60. The summed E-state index contributed by atoms with van der Waals surface area (Å²) in [5.74, 6) is 1.02. The Labute approximate surface area is 185 Å². The lowest BCUT2D eigenvalue weighted by Gasteiger charge is -2.09. The van der Waals surface area contributed by atoms with Crippen molar-refractivity contribution in [2.45, 2.75) is 25.2 Å². The molecule has 0 saturated carbocycles. The van der Waals surface area contributed by atoms with E-state index in [4.69, 9.17) is 4.74 Å². The fraction of sp³-hybridized carbons (Fsp3) is 0.211. The summed E-state index contributed by atoms with van der Waals surface area (Å²) in [4.78, 5) is 22.8. The van der Waals surface area contributed by atoms with Crippen LogP contribution >= 0.6 is 27.7 Å². The molecule has 1 aromatic heterocycles. The number of para-hydroxylation sites is 2. The van der Waals surface area contributed by atoms with Crippen LogP contribution in [-0.4, -0.2) is 31.3 Å². The van der Waals surface area contributed by atoms with E-state index in [1.807, 2.05) is 35.8 Å². The fourth-order valence-electron chi connectivity index (χ4n) is 2.58. The molecular weight excluding hydrogens is 474 g/mol. The van der Waals surface area contributed by atoms with Gasteiger partial charge in [0, 0.05) is 17.1 Å². The van der Waals surface area contributed by atoms with Crippen molar-refractivity contribution >= 4 is 45.0 Å². The van der Waals surface area contributed by atoms with Gasteiger partial charge >= 0.3 is 0 Å². The summed E-state index contributed by atoms with van der Waals surface area (Å²) in [6.45, 7) is 2.80. The largest absolute Gasteiger partial charge is 0.486 e. The molecule has 11 heteroatoms. The second kappa shape index (κ2) is 10.2. The molecule has 1 N–H and O–H groups in total. The van der Waals surface area contributed by atoms with Crippen LogP contribution in [0.1, 0.15) is 12.7 Å². The Hall–Kier alpha value is -2.92. The first-order valence-corrected chi connectivity index (χ1v) is 10.7. The summed E-state index contributed by atoms with van der Waals surface area (Å²) in [5.41, 5.74) is 0.00796. The summed E-state index contributed by atoms with van der Waals surface area (Å²) >= 11 is 4.58. The quantitative estimate of drug-likeness (QED) is 0.270. The van der Waals surface area contributed by atoms with E-state index >= 15 is 0 Å². The van der Waals surface area contributed by atoms with Crippen LogP contribution in [0.3, 0.4) is 0 Å². The van der Waals surface area contributed by atoms with Crippen LogP contribution in [0.5, 0.6) is 5.75 Å². The van der Waals surface area contributed by atoms with Gasteiger partial charge in [0.1, 0.15) is 18.0 Å². The Kier molecular flexibility index (Phi) is 7.41. The molecule has 3 rings (SSSR count). The Morgan fingerprint density at radius 1 is 1.23 bits per heavy atom. The van der Waals surface area contributed by atoms with E-state index in [9.17, 15) is 14.9 Å². The summed E-state index contributed by atoms with van der Waals surface area (Å²) in [6.07, 6.45) is 0. The molecule has 0 aliphatic rings. The second-order valence-electron chi connectivity index (χ2n) is 6.00. The number of nitrogens with zero attached hydrogens (tertiary/aromatic N) is 4. The molecule has 0 fully saturated rings. The zero-order valence-corrected chi connectivity index (χ0v) is 18.4. The van der Waals surface area contributed by atoms with Gasteiger partial charge in [-0.25, -0.2) is 0 Å². The maximum absolute atomic E-state index is 12.3. The summed E-state index contributed by atoms with van der Waals surface area (Å²) < 4.78 is 8.57. The third kappa shape index (κ3) is 5.57. The molecule has 0 aliphatic heterocycles. The highest BCUT2D eigenvalue weighted by atomic mass is 79.9. The summed E-state index contributed by atoms with van der Waals surface area (Å²) in [5, 5.41) is 22.5. The van der Waals surface area contributed by atoms with Gasteiger partial charge in [-0.3, -0.25) is 14.9 Å². The number of nitrogens with one attached hydrogen (secondary N) is 1. The van der Waals surface area contributed by atoms with Gasteiger partial charge in [0.2, 0.25) is 5.91 Å².